The van der Waals surface area contributed by atoms with E-state index in [9.17, 15) is 19.2 Å². The van der Waals surface area contributed by atoms with Gasteiger partial charge in [-0.15, -0.1) is 0 Å². The SMILES string of the molecule is CN(C(=O)c1ccc(NC(=O)Cc2cccc(NC(=O)C3CCN(C(=O)C4CCCCC4)CC3)c2)cc1)C1CC1. The lowest BCUT2D eigenvalue weighted by molar-refractivity contribution is -0.139. The summed E-state index contributed by atoms with van der Waals surface area (Å²) in [6, 6.07) is 14.7. The molecule has 0 atom stereocenters. The quantitative estimate of drug-likeness (QED) is 0.496. The Morgan fingerprint density at radius 3 is 2.17 bits per heavy atom. The van der Waals surface area contributed by atoms with Crippen LogP contribution in [0.2, 0.25) is 0 Å². The molecule has 40 heavy (non-hydrogen) atoms. The highest BCUT2D eigenvalue weighted by molar-refractivity contribution is 5.97. The third-order valence-corrected chi connectivity index (χ3v) is 8.52. The van der Waals surface area contributed by atoms with Crippen LogP contribution in [0.25, 0.3) is 0 Å². The summed E-state index contributed by atoms with van der Waals surface area (Å²) in [5.74, 6) is 0.108. The molecular weight excluding hydrogens is 504 g/mol. The Hall–Kier alpha value is -3.68. The van der Waals surface area contributed by atoms with E-state index in [0.29, 0.717) is 48.9 Å². The van der Waals surface area contributed by atoms with Crippen LogP contribution in [0.15, 0.2) is 48.5 Å². The molecule has 0 unspecified atom stereocenters. The zero-order valence-electron chi connectivity index (χ0n) is 23.4. The molecule has 8 heteroatoms. The minimum Gasteiger partial charge on any atom is -0.342 e. The molecule has 2 N–H and O–H groups in total. The van der Waals surface area contributed by atoms with Gasteiger partial charge in [-0.2, -0.15) is 0 Å². The number of likely N-dealkylation sites (tertiary alicyclic amines) is 1. The fraction of sp³-hybridized carbons (Fsp3) is 0.500. The molecule has 0 spiro atoms. The molecule has 2 aromatic carbocycles. The summed E-state index contributed by atoms with van der Waals surface area (Å²) in [5, 5.41) is 5.90. The number of hydrogen-bond acceptors (Lipinski definition) is 4. The fourth-order valence-corrected chi connectivity index (χ4v) is 5.89. The van der Waals surface area contributed by atoms with Crippen LogP contribution in [-0.4, -0.2) is 59.6 Å². The number of carbonyl (C=O) groups excluding carboxylic acids is 4. The summed E-state index contributed by atoms with van der Waals surface area (Å²) in [6.07, 6.45) is 9.14. The summed E-state index contributed by atoms with van der Waals surface area (Å²) in [4.78, 5) is 54.7. The lowest BCUT2D eigenvalue weighted by Crippen LogP contribution is -2.44. The first-order valence-electron chi connectivity index (χ1n) is 14.7. The number of amides is 4. The molecule has 2 saturated carbocycles. The van der Waals surface area contributed by atoms with Crippen molar-refractivity contribution in [1.82, 2.24) is 9.80 Å². The van der Waals surface area contributed by atoms with E-state index in [1.807, 2.05) is 36.2 Å². The van der Waals surface area contributed by atoms with Gasteiger partial charge in [0.1, 0.15) is 0 Å². The van der Waals surface area contributed by atoms with Crippen LogP contribution in [0.5, 0.6) is 0 Å². The normalized spacial score (nSPS) is 18.2. The maximum absolute atomic E-state index is 13.0. The predicted molar refractivity (Wildman–Crippen MR) is 155 cm³/mol. The van der Waals surface area contributed by atoms with Gasteiger partial charge in [-0.3, -0.25) is 19.2 Å². The highest BCUT2D eigenvalue weighted by Gasteiger charge is 2.32. The van der Waals surface area contributed by atoms with Gasteiger partial charge in [0.25, 0.3) is 5.91 Å². The average Bonchev–Trinajstić information content (AvgIpc) is 3.83. The molecule has 3 aliphatic rings. The van der Waals surface area contributed by atoms with Gasteiger partial charge in [-0.25, -0.2) is 0 Å². The number of rotatable bonds is 8. The van der Waals surface area contributed by atoms with Crippen molar-refractivity contribution in [3.05, 3.63) is 59.7 Å². The van der Waals surface area contributed by atoms with Crippen LogP contribution in [-0.2, 0) is 20.8 Å². The van der Waals surface area contributed by atoms with E-state index in [1.54, 1.807) is 29.2 Å². The number of benzene rings is 2. The third-order valence-electron chi connectivity index (χ3n) is 8.52. The monoisotopic (exact) mass is 544 g/mol. The summed E-state index contributed by atoms with van der Waals surface area (Å²) >= 11 is 0. The van der Waals surface area contributed by atoms with Crippen molar-refractivity contribution in [2.45, 2.75) is 70.3 Å². The van der Waals surface area contributed by atoms with Crippen molar-refractivity contribution in [1.29, 1.82) is 0 Å². The highest BCUT2D eigenvalue weighted by Crippen LogP contribution is 2.29. The Bertz CT molecular complexity index is 1230. The van der Waals surface area contributed by atoms with Gasteiger partial charge in [0.2, 0.25) is 17.7 Å². The predicted octanol–water partition coefficient (Wildman–Crippen LogP) is 4.86. The highest BCUT2D eigenvalue weighted by atomic mass is 16.2. The molecular formula is C32H40N4O4. The topological polar surface area (TPSA) is 98.8 Å². The number of piperidine rings is 1. The number of hydrogen-bond donors (Lipinski definition) is 2. The molecule has 1 heterocycles. The first-order valence-corrected chi connectivity index (χ1v) is 14.7. The van der Waals surface area contributed by atoms with Crippen molar-refractivity contribution in [3.8, 4) is 0 Å². The van der Waals surface area contributed by atoms with E-state index in [0.717, 1.165) is 44.1 Å². The van der Waals surface area contributed by atoms with Gasteiger partial charge in [0.15, 0.2) is 0 Å². The second kappa shape index (κ2) is 12.7. The van der Waals surface area contributed by atoms with Crippen LogP contribution in [0.3, 0.4) is 0 Å². The standard InChI is InChI=1S/C32H40N4O4/c1-35(28-14-15-28)31(39)25-10-12-26(13-11-25)33-29(37)21-22-6-5-9-27(20-22)34-30(38)23-16-18-36(19-17-23)32(40)24-7-3-2-4-8-24/h5-6,9-13,20,23-24,28H,2-4,7-8,14-19,21H2,1H3,(H,33,37)(H,34,38). The number of nitrogens with one attached hydrogen (secondary N) is 2. The van der Waals surface area contributed by atoms with Crippen molar-refractivity contribution in [3.63, 3.8) is 0 Å². The zero-order chi connectivity index (χ0) is 28.1. The van der Waals surface area contributed by atoms with Crippen LogP contribution >= 0.6 is 0 Å². The fourth-order valence-electron chi connectivity index (χ4n) is 5.89. The second-order valence-corrected chi connectivity index (χ2v) is 11.6. The lowest BCUT2D eigenvalue weighted by atomic mass is 9.87. The van der Waals surface area contributed by atoms with Gasteiger partial charge in [-0.05, 0) is 80.5 Å². The maximum Gasteiger partial charge on any atom is 0.253 e. The molecule has 5 rings (SSSR count). The van der Waals surface area contributed by atoms with Gasteiger partial charge in [-0.1, -0.05) is 31.4 Å². The van der Waals surface area contributed by atoms with Gasteiger partial charge in [0.05, 0.1) is 6.42 Å². The first-order chi connectivity index (χ1) is 19.4. The van der Waals surface area contributed by atoms with Crippen LogP contribution in [0, 0.1) is 11.8 Å². The molecule has 1 aliphatic heterocycles. The number of nitrogens with zero attached hydrogens (tertiary/aromatic N) is 2. The minimum absolute atomic E-state index is 0.00210. The minimum atomic E-state index is -0.173. The Balaban J connectivity index is 1.08. The summed E-state index contributed by atoms with van der Waals surface area (Å²) in [7, 11) is 1.83. The smallest absolute Gasteiger partial charge is 0.253 e. The molecule has 212 valence electrons. The van der Waals surface area contributed by atoms with Crippen molar-refractivity contribution < 1.29 is 19.2 Å². The summed E-state index contributed by atoms with van der Waals surface area (Å²) < 4.78 is 0. The van der Waals surface area contributed by atoms with E-state index in [1.165, 1.54) is 6.42 Å². The molecule has 3 fully saturated rings. The number of anilines is 2. The van der Waals surface area contributed by atoms with Crippen molar-refractivity contribution >= 4 is 35.0 Å². The molecule has 1 saturated heterocycles. The number of carbonyl (C=O) groups is 4. The Kier molecular flexibility index (Phi) is 8.82. The van der Waals surface area contributed by atoms with Gasteiger partial charge in [0, 0.05) is 55.0 Å². The van der Waals surface area contributed by atoms with Crippen LogP contribution in [0.4, 0.5) is 11.4 Å². The lowest BCUT2D eigenvalue weighted by Gasteiger charge is -2.34. The van der Waals surface area contributed by atoms with E-state index in [4.69, 9.17) is 0 Å². The maximum atomic E-state index is 13.0. The molecule has 4 amide bonds. The third kappa shape index (κ3) is 7.09. The van der Waals surface area contributed by atoms with E-state index < -0.39 is 0 Å². The molecule has 2 aromatic rings. The second-order valence-electron chi connectivity index (χ2n) is 11.6. The van der Waals surface area contributed by atoms with Gasteiger partial charge >= 0.3 is 0 Å². The summed E-state index contributed by atoms with van der Waals surface area (Å²) in [5.41, 5.74) is 2.70. The first kappa shape index (κ1) is 27.9. The average molecular weight is 545 g/mol. The molecule has 0 aromatic heterocycles. The largest absolute Gasteiger partial charge is 0.342 e. The molecule has 0 bridgehead atoms. The molecule has 0 radical (unpaired) electrons. The van der Waals surface area contributed by atoms with Crippen molar-refractivity contribution in [2.24, 2.45) is 11.8 Å². The Labute approximate surface area is 236 Å². The van der Waals surface area contributed by atoms with Crippen molar-refractivity contribution in [2.75, 3.05) is 30.8 Å². The van der Waals surface area contributed by atoms with E-state index >= 15 is 0 Å². The van der Waals surface area contributed by atoms with Crippen LogP contribution < -0.4 is 10.6 Å². The Morgan fingerprint density at radius 2 is 1.50 bits per heavy atom. The summed E-state index contributed by atoms with van der Waals surface area (Å²) in [6.45, 7) is 1.28. The Morgan fingerprint density at radius 1 is 0.800 bits per heavy atom. The van der Waals surface area contributed by atoms with Crippen LogP contribution in [0.1, 0.15) is 73.7 Å². The zero-order valence-corrected chi connectivity index (χ0v) is 23.4. The molecule has 2 aliphatic carbocycles. The molecule has 8 nitrogen and oxygen atoms in total. The van der Waals surface area contributed by atoms with E-state index in [2.05, 4.69) is 10.6 Å². The van der Waals surface area contributed by atoms with E-state index in [-0.39, 0.29) is 41.9 Å². The van der Waals surface area contributed by atoms with Gasteiger partial charge < -0.3 is 20.4 Å².